The zero-order chi connectivity index (χ0) is 27.2. The van der Waals surface area contributed by atoms with Crippen molar-refractivity contribution in [2.75, 3.05) is 19.0 Å². The largest absolute Gasteiger partial charge is 0.493 e. The summed E-state index contributed by atoms with van der Waals surface area (Å²) >= 11 is 13.8. The van der Waals surface area contributed by atoms with Crippen molar-refractivity contribution in [1.29, 1.82) is 0 Å². The van der Waals surface area contributed by atoms with Gasteiger partial charge in [0.25, 0.3) is 11.8 Å². The van der Waals surface area contributed by atoms with Crippen LogP contribution in [0.4, 0.5) is 18.9 Å². The van der Waals surface area contributed by atoms with E-state index in [1.165, 1.54) is 25.5 Å². The molecule has 0 saturated carbocycles. The Bertz CT molecular complexity index is 1350. The lowest BCUT2D eigenvalue weighted by atomic mass is 10.1. The molecule has 3 rings (SSSR count). The number of carbonyl (C=O) groups is 2. The molecule has 0 aromatic heterocycles. The van der Waals surface area contributed by atoms with Crippen LogP contribution in [0, 0.1) is 3.57 Å². The molecule has 0 unspecified atom stereocenters. The average molecular weight is 666 g/mol. The molecule has 0 radical (unpaired) electrons. The number of hydrogen-bond acceptors (Lipinski definition) is 5. The molecule has 0 aliphatic carbocycles. The molecule has 0 aliphatic heterocycles. The summed E-state index contributed by atoms with van der Waals surface area (Å²) in [7, 11) is 1.41. The summed E-state index contributed by atoms with van der Waals surface area (Å²) in [5, 5.41) is 7.09. The summed E-state index contributed by atoms with van der Waals surface area (Å²) in [6.07, 6.45) is -3.28. The second-order valence-corrected chi connectivity index (χ2v) is 9.25. The molecule has 2 N–H and O–H groups in total. The predicted molar refractivity (Wildman–Crippen MR) is 143 cm³/mol. The second-order valence-electron chi connectivity index (χ2n) is 7.28. The fraction of sp³-hybridized carbons (Fsp3) is 0.125. The van der Waals surface area contributed by atoms with Crippen molar-refractivity contribution >= 4 is 69.5 Å². The fourth-order valence-electron chi connectivity index (χ4n) is 2.93. The van der Waals surface area contributed by atoms with Crippen molar-refractivity contribution in [3.63, 3.8) is 0 Å². The molecule has 3 aromatic carbocycles. The van der Waals surface area contributed by atoms with Crippen LogP contribution in [0.3, 0.4) is 0 Å². The van der Waals surface area contributed by atoms with Crippen LogP contribution >= 0.6 is 45.8 Å². The van der Waals surface area contributed by atoms with Crippen molar-refractivity contribution in [3.05, 3.63) is 84.9 Å². The van der Waals surface area contributed by atoms with Gasteiger partial charge in [-0.05, 0) is 76.7 Å². The lowest BCUT2D eigenvalue weighted by Gasteiger charge is -2.13. The third kappa shape index (κ3) is 7.98. The lowest BCUT2D eigenvalue weighted by molar-refractivity contribution is -0.137. The first-order valence-corrected chi connectivity index (χ1v) is 12.1. The van der Waals surface area contributed by atoms with E-state index >= 15 is 0 Å². The number of amides is 2. The van der Waals surface area contributed by atoms with E-state index in [2.05, 4.69) is 15.8 Å². The van der Waals surface area contributed by atoms with Crippen LogP contribution in [0.25, 0.3) is 0 Å². The number of ether oxygens (including phenoxy) is 2. The van der Waals surface area contributed by atoms with Crippen LogP contribution in [0.2, 0.25) is 10.0 Å². The van der Waals surface area contributed by atoms with Crippen LogP contribution in [0.15, 0.2) is 59.7 Å². The Morgan fingerprint density at radius 2 is 1.84 bits per heavy atom. The van der Waals surface area contributed by atoms with Gasteiger partial charge in [-0.25, -0.2) is 5.43 Å². The molecule has 13 heteroatoms. The van der Waals surface area contributed by atoms with Gasteiger partial charge in [0.05, 0.1) is 32.5 Å². The van der Waals surface area contributed by atoms with Crippen molar-refractivity contribution in [3.8, 4) is 11.5 Å². The van der Waals surface area contributed by atoms with E-state index in [4.69, 9.17) is 32.7 Å². The van der Waals surface area contributed by atoms with Crippen molar-refractivity contribution < 1.29 is 32.2 Å². The molecule has 37 heavy (non-hydrogen) atoms. The van der Waals surface area contributed by atoms with Gasteiger partial charge in [-0.3, -0.25) is 9.59 Å². The van der Waals surface area contributed by atoms with Crippen molar-refractivity contribution in [1.82, 2.24) is 5.43 Å². The van der Waals surface area contributed by atoms with Crippen LogP contribution in [-0.2, 0) is 11.0 Å². The molecule has 2 amide bonds. The molecular weight excluding hydrogens is 649 g/mol. The number of nitrogens with zero attached hydrogens (tertiary/aromatic N) is 1. The number of methoxy groups -OCH3 is 1. The molecule has 0 fully saturated rings. The van der Waals surface area contributed by atoms with Crippen LogP contribution < -0.4 is 20.2 Å². The zero-order valence-electron chi connectivity index (χ0n) is 18.8. The van der Waals surface area contributed by atoms with E-state index in [1.807, 2.05) is 22.6 Å². The van der Waals surface area contributed by atoms with Crippen molar-refractivity contribution in [2.45, 2.75) is 6.18 Å². The van der Waals surface area contributed by atoms with Gasteiger partial charge in [0, 0.05) is 11.3 Å². The highest BCUT2D eigenvalue weighted by Crippen LogP contribution is 2.34. The lowest BCUT2D eigenvalue weighted by Crippen LogP contribution is -2.20. The van der Waals surface area contributed by atoms with Gasteiger partial charge in [0.1, 0.15) is 0 Å². The van der Waals surface area contributed by atoms with E-state index in [0.29, 0.717) is 36.4 Å². The number of rotatable bonds is 8. The number of carbonyl (C=O) groups excluding carboxylic acids is 2. The highest BCUT2D eigenvalue weighted by Gasteiger charge is 2.30. The number of nitrogens with one attached hydrogen (secondary N) is 2. The van der Waals surface area contributed by atoms with E-state index in [-0.39, 0.29) is 12.2 Å². The Hall–Kier alpha value is -3.03. The summed E-state index contributed by atoms with van der Waals surface area (Å²) in [5.74, 6) is -0.659. The van der Waals surface area contributed by atoms with Gasteiger partial charge in [0.2, 0.25) is 0 Å². The Morgan fingerprint density at radius 3 is 2.51 bits per heavy atom. The van der Waals surface area contributed by atoms with Crippen LogP contribution in [0.5, 0.6) is 11.5 Å². The summed E-state index contributed by atoms with van der Waals surface area (Å²) in [4.78, 5) is 24.5. The number of halogens is 6. The average Bonchev–Trinajstić information content (AvgIpc) is 2.84. The van der Waals surface area contributed by atoms with Gasteiger partial charge in [0.15, 0.2) is 18.1 Å². The molecule has 0 saturated heterocycles. The molecule has 0 bridgehead atoms. The molecular formula is C24H17Cl2F3IN3O4. The third-order valence-electron chi connectivity index (χ3n) is 4.63. The maximum Gasteiger partial charge on any atom is 0.416 e. The summed E-state index contributed by atoms with van der Waals surface area (Å²) in [6, 6.07) is 11.8. The molecule has 194 valence electrons. The first-order valence-electron chi connectivity index (χ1n) is 10.2. The fourth-order valence-corrected chi connectivity index (χ4v) is 4.01. The number of anilines is 1. The van der Waals surface area contributed by atoms with Gasteiger partial charge < -0.3 is 14.8 Å². The normalized spacial score (nSPS) is 11.3. The first-order chi connectivity index (χ1) is 17.5. The van der Waals surface area contributed by atoms with E-state index in [0.717, 1.165) is 18.2 Å². The van der Waals surface area contributed by atoms with E-state index in [1.54, 1.807) is 24.3 Å². The smallest absolute Gasteiger partial charge is 0.416 e. The number of benzene rings is 3. The first kappa shape index (κ1) is 28.5. The molecule has 0 spiro atoms. The quantitative estimate of drug-likeness (QED) is 0.165. The van der Waals surface area contributed by atoms with Gasteiger partial charge in [-0.2, -0.15) is 18.3 Å². The molecule has 0 atom stereocenters. The molecule has 7 nitrogen and oxygen atoms in total. The summed E-state index contributed by atoms with van der Waals surface area (Å²) < 4.78 is 50.1. The van der Waals surface area contributed by atoms with Gasteiger partial charge in [-0.1, -0.05) is 29.3 Å². The van der Waals surface area contributed by atoms with E-state index in [9.17, 15) is 22.8 Å². The SMILES string of the molecule is COc1cc(/C=N/NC(=O)c2cccc(C(F)(F)F)c2)cc(I)c1OCC(=O)Nc1ccc(Cl)c(Cl)c1. The highest BCUT2D eigenvalue weighted by molar-refractivity contribution is 14.1. The maximum absolute atomic E-state index is 12.9. The predicted octanol–water partition coefficient (Wildman–Crippen LogP) is 6.41. The summed E-state index contributed by atoms with van der Waals surface area (Å²) in [5.41, 5.74) is 2.00. The number of alkyl halides is 3. The second kappa shape index (κ2) is 12.5. The maximum atomic E-state index is 12.9. The molecule has 0 heterocycles. The monoisotopic (exact) mass is 665 g/mol. The van der Waals surface area contributed by atoms with Crippen LogP contribution in [-0.4, -0.2) is 31.7 Å². The minimum absolute atomic E-state index is 0.193. The Morgan fingerprint density at radius 1 is 1.08 bits per heavy atom. The Labute approximate surface area is 233 Å². The minimum atomic E-state index is -4.57. The van der Waals surface area contributed by atoms with Gasteiger partial charge >= 0.3 is 6.18 Å². The van der Waals surface area contributed by atoms with Crippen LogP contribution in [0.1, 0.15) is 21.5 Å². The standard InChI is InChI=1S/C24H17Cl2F3IN3O4/c1-36-20-8-13(11-31-33-23(35)14-3-2-4-15(9-14)24(27,28)29)7-19(30)22(20)37-12-21(34)32-16-5-6-17(25)18(26)10-16/h2-11H,12H2,1H3,(H,32,34)(H,33,35)/b31-11+. The van der Waals surface area contributed by atoms with E-state index < -0.39 is 23.6 Å². The minimum Gasteiger partial charge on any atom is -0.493 e. The van der Waals surface area contributed by atoms with Crippen molar-refractivity contribution in [2.24, 2.45) is 5.10 Å². The zero-order valence-corrected chi connectivity index (χ0v) is 22.5. The topological polar surface area (TPSA) is 89.0 Å². The molecule has 3 aromatic rings. The molecule has 0 aliphatic rings. The third-order valence-corrected chi connectivity index (χ3v) is 6.17. The van der Waals surface area contributed by atoms with Gasteiger partial charge in [-0.15, -0.1) is 0 Å². The number of hydrazone groups is 1. The number of hydrogen-bond donors (Lipinski definition) is 2. The Kier molecular flexibility index (Phi) is 9.62. The highest BCUT2D eigenvalue weighted by atomic mass is 127. The summed E-state index contributed by atoms with van der Waals surface area (Å²) in [6.45, 7) is -0.326. The Balaban J connectivity index is 1.64.